The molecule has 0 unspecified atom stereocenters. The van der Waals surface area contributed by atoms with E-state index in [9.17, 15) is 4.79 Å². The normalized spacial score (nSPS) is 11.1. The predicted molar refractivity (Wildman–Crippen MR) is 92.0 cm³/mol. The quantitative estimate of drug-likeness (QED) is 0.482. The Labute approximate surface area is 134 Å². The summed E-state index contributed by atoms with van der Waals surface area (Å²) in [6.07, 6.45) is 1.66. The van der Waals surface area contributed by atoms with Crippen molar-refractivity contribution >= 4 is 8.32 Å². The minimum absolute atomic E-state index is 0.240. The Balaban J connectivity index is 2.34. The Morgan fingerprint density at radius 2 is 1.95 bits per heavy atom. The molecule has 0 atom stereocenters. The van der Waals surface area contributed by atoms with Gasteiger partial charge in [-0.1, -0.05) is 32.8 Å². The molecule has 0 fully saturated rings. The lowest BCUT2D eigenvalue weighted by Gasteiger charge is -2.36. The fourth-order valence-electron chi connectivity index (χ4n) is 1.36. The van der Waals surface area contributed by atoms with Crippen LogP contribution in [0.2, 0.25) is 18.1 Å². The molecule has 3 nitrogen and oxygen atoms in total. The fourth-order valence-corrected chi connectivity index (χ4v) is 2.45. The molecule has 1 heterocycles. The summed E-state index contributed by atoms with van der Waals surface area (Å²) in [4.78, 5) is 11.0. The van der Waals surface area contributed by atoms with E-state index in [1.165, 1.54) is 6.07 Å². The van der Waals surface area contributed by atoms with E-state index in [-0.39, 0.29) is 5.04 Å². The van der Waals surface area contributed by atoms with Crippen LogP contribution in [0.15, 0.2) is 27.4 Å². The van der Waals surface area contributed by atoms with Crippen molar-refractivity contribution in [3.63, 3.8) is 0 Å². The molecule has 1 rings (SSSR count). The highest BCUT2D eigenvalue weighted by atomic mass is 28.4. The van der Waals surface area contributed by atoms with Crippen LogP contribution in [-0.2, 0) is 4.43 Å². The molecule has 118 valence electrons. The zero-order valence-electron chi connectivity index (χ0n) is 14.1. The van der Waals surface area contributed by atoms with Gasteiger partial charge < -0.3 is 8.84 Å². The molecule has 0 aromatic carbocycles. The maximum Gasteiger partial charge on any atom is 0.336 e. The van der Waals surface area contributed by atoms with Crippen molar-refractivity contribution in [2.24, 2.45) is 0 Å². The predicted octanol–water partition coefficient (Wildman–Crippen LogP) is 3.80. The van der Waals surface area contributed by atoms with Crippen LogP contribution in [0.3, 0.4) is 0 Å². The first-order valence-electron chi connectivity index (χ1n) is 7.45. The van der Waals surface area contributed by atoms with Gasteiger partial charge in [0.1, 0.15) is 0 Å². The average molecular weight is 316 g/mol. The Morgan fingerprint density at radius 3 is 2.59 bits per heavy atom. The van der Waals surface area contributed by atoms with Gasteiger partial charge in [-0.15, -0.1) is 0 Å². The molecule has 0 saturated carbocycles. The van der Waals surface area contributed by atoms with Crippen LogP contribution in [0.25, 0.3) is 0 Å². The fraction of sp³-hybridized carbons (Fsp3) is 0.500. The molecule has 0 radical (unpaired) electrons. The summed E-state index contributed by atoms with van der Waals surface area (Å²) in [5.74, 6) is 11.5. The van der Waals surface area contributed by atoms with Crippen LogP contribution in [0.1, 0.15) is 39.4 Å². The SMILES string of the molecule is CC(C)(C)[Si](C)(C)OCCCC#CC#Cc1cccc(=O)o1. The lowest BCUT2D eigenvalue weighted by atomic mass is 10.2. The highest BCUT2D eigenvalue weighted by Gasteiger charge is 2.36. The third kappa shape index (κ3) is 6.35. The van der Waals surface area contributed by atoms with Crippen molar-refractivity contribution in [1.29, 1.82) is 0 Å². The second kappa shape index (κ2) is 8.03. The van der Waals surface area contributed by atoms with E-state index in [0.29, 0.717) is 5.76 Å². The van der Waals surface area contributed by atoms with Gasteiger partial charge in [0.25, 0.3) is 0 Å². The first kappa shape index (κ1) is 18.3. The number of unbranched alkanes of at least 4 members (excludes halogenated alkanes) is 1. The Bertz CT molecular complexity index is 658. The van der Waals surface area contributed by atoms with Gasteiger partial charge in [0.05, 0.1) is 0 Å². The van der Waals surface area contributed by atoms with Gasteiger partial charge in [-0.2, -0.15) is 0 Å². The van der Waals surface area contributed by atoms with Gasteiger partial charge in [-0.3, -0.25) is 0 Å². The molecule has 0 aliphatic rings. The minimum atomic E-state index is -1.65. The largest absolute Gasteiger partial charge is 0.417 e. The molecule has 22 heavy (non-hydrogen) atoms. The Morgan fingerprint density at radius 1 is 1.23 bits per heavy atom. The van der Waals surface area contributed by atoms with Gasteiger partial charge >= 0.3 is 5.63 Å². The maximum absolute atomic E-state index is 11.0. The van der Waals surface area contributed by atoms with Crippen molar-refractivity contribution in [3.8, 4) is 23.7 Å². The first-order valence-corrected chi connectivity index (χ1v) is 10.4. The summed E-state index contributed by atoms with van der Waals surface area (Å²) in [6, 6.07) is 4.60. The standard InChI is InChI=1S/C18H24O3Si/c1-18(2,3)22(4,5)20-15-10-8-6-7-9-12-16-13-11-14-17(19)21-16/h11,13-14H,8,10,15H2,1-5H3. The number of rotatable bonds is 4. The summed E-state index contributed by atoms with van der Waals surface area (Å²) >= 11 is 0. The molecule has 0 aliphatic carbocycles. The van der Waals surface area contributed by atoms with E-state index in [4.69, 9.17) is 8.84 Å². The molecular weight excluding hydrogens is 292 g/mol. The molecule has 0 bridgehead atoms. The molecule has 0 aliphatic heterocycles. The molecule has 1 aromatic rings. The molecule has 4 heteroatoms. The second-order valence-electron chi connectivity index (χ2n) is 6.58. The summed E-state index contributed by atoms with van der Waals surface area (Å²) in [6.45, 7) is 11.9. The lowest BCUT2D eigenvalue weighted by Crippen LogP contribution is -2.40. The summed E-state index contributed by atoms with van der Waals surface area (Å²) in [7, 11) is -1.65. The monoisotopic (exact) mass is 316 g/mol. The van der Waals surface area contributed by atoms with Crippen molar-refractivity contribution in [2.45, 2.75) is 51.7 Å². The van der Waals surface area contributed by atoms with E-state index in [1.807, 2.05) is 0 Å². The topological polar surface area (TPSA) is 39.4 Å². The minimum Gasteiger partial charge on any atom is -0.417 e. The summed E-state index contributed by atoms with van der Waals surface area (Å²) in [5, 5.41) is 0.240. The van der Waals surface area contributed by atoms with Gasteiger partial charge in [0.2, 0.25) is 0 Å². The highest BCUT2D eigenvalue weighted by Crippen LogP contribution is 2.36. The molecule has 0 amide bonds. The second-order valence-corrected chi connectivity index (χ2v) is 11.4. The molecular formula is C18H24O3Si. The van der Waals surface area contributed by atoms with Crippen LogP contribution in [0.5, 0.6) is 0 Å². The summed E-state index contributed by atoms with van der Waals surface area (Å²) in [5.41, 5.74) is -0.400. The van der Waals surface area contributed by atoms with E-state index >= 15 is 0 Å². The van der Waals surface area contributed by atoms with Crippen LogP contribution < -0.4 is 5.63 Å². The van der Waals surface area contributed by atoms with Gasteiger partial charge in [0, 0.05) is 19.1 Å². The van der Waals surface area contributed by atoms with Gasteiger partial charge in [-0.25, -0.2) is 4.79 Å². The van der Waals surface area contributed by atoms with Crippen LogP contribution in [0, 0.1) is 23.7 Å². The molecule has 0 spiro atoms. The van der Waals surface area contributed by atoms with Crippen molar-refractivity contribution in [1.82, 2.24) is 0 Å². The van der Waals surface area contributed by atoms with E-state index in [0.717, 1.165) is 19.4 Å². The number of hydrogen-bond acceptors (Lipinski definition) is 3. The van der Waals surface area contributed by atoms with Crippen molar-refractivity contribution < 1.29 is 8.84 Å². The maximum atomic E-state index is 11.0. The molecule has 0 N–H and O–H groups in total. The van der Waals surface area contributed by atoms with Crippen LogP contribution >= 0.6 is 0 Å². The molecule has 0 saturated heterocycles. The third-order valence-electron chi connectivity index (χ3n) is 3.74. The van der Waals surface area contributed by atoms with Crippen molar-refractivity contribution in [2.75, 3.05) is 6.61 Å². The third-order valence-corrected chi connectivity index (χ3v) is 8.28. The smallest absolute Gasteiger partial charge is 0.336 e. The highest BCUT2D eigenvalue weighted by molar-refractivity contribution is 6.74. The Hall–Kier alpha value is -1.75. The van der Waals surface area contributed by atoms with E-state index in [1.54, 1.807) is 12.1 Å². The van der Waals surface area contributed by atoms with Crippen LogP contribution in [-0.4, -0.2) is 14.9 Å². The lowest BCUT2D eigenvalue weighted by molar-refractivity contribution is 0.284. The molecule has 1 aromatic heterocycles. The number of hydrogen-bond donors (Lipinski definition) is 0. The first-order chi connectivity index (χ1) is 10.2. The zero-order chi connectivity index (χ0) is 16.6. The zero-order valence-corrected chi connectivity index (χ0v) is 15.1. The average Bonchev–Trinajstić information content (AvgIpc) is 2.40. The van der Waals surface area contributed by atoms with Gasteiger partial charge in [-0.05, 0) is 48.4 Å². The van der Waals surface area contributed by atoms with Crippen molar-refractivity contribution in [3.05, 3.63) is 34.4 Å². The van der Waals surface area contributed by atoms with Gasteiger partial charge in [0.15, 0.2) is 14.1 Å². The summed E-state index contributed by atoms with van der Waals surface area (Å²) < 4.78 is 10.9. The van der Waals surface area contributed by atoms with E-state index in [2.05, 4.69) is 57.5 Å². The van der Waals surface area contributed by atoms with Crippen LogP contribution in [0.4, 0.5) is 0 Å². The Kier molecular flexibility index (Phi) is 6.68. The van der Waals surface area contributed by atoms with E-state index < -0.39 is 13.9 Å².